The first kappa shape index (κ1) is 12.2. The van der Waals surface area contributed by atoms with Crippen LogP contribution in [-0.2, 0) is 12.8 Å². The lowest BCUT2D eigenvalue weighted by Gasteiger charge is -2.17. The Hall–Kier alpha value is -1.84. The third-order valence-electron chi connectivity index (χ3n) is 3.35. The molecule has 0 unspecified atom stereocenters. The maximum Gasteiger partial charge on any atom is 0.257 e. The molecule has 1 aromatic carbocycles. The zero-order valence-electron chi connectivity index (χ0n) is 11.4. The summed E-state index contributed by atoms with van der Waals surface area (Å²) in [6.07, 6.45) is 3.15. The van der Waals surface area contributed by atoms with Crippen LogP contribution in [0.15, 0.2) is 22.7 Å². The molecule has 0 bridgehead atoms. The Bertz CT molecular complexity index is 575. The van der Waals surface area contributed by atoms with Crippen LogP contribution in [-0.4, -0.2) is 16.7 Å². The minimum absolute atomic E-state index is 0.540. The maximum absolute atomic E-state index is 5.36. The van der Waals surface area contributed by atoms with Gasteiger partial charge in [-0.25, -0.2) is 0 Å². The molecular weight excluding hydrogens is 238 g/mol. The molecule has 4 nitrogen and oxygen atoms in total. The van der Waals surface area contributed by atoms with E-state index >= 15 is 0 Å². The Morgan fingerprint density at radius 2 is 2.26 bits per heavy atom. The molecule has 1 aliphatic rings. The highest BCUT2D eigenvalue weighted by Gasteiger charge is 2.14. The van der Waals surface area contributed by atoms with Gasteiger partial charge in [0.15, 0.2) is 5.82 Å². The van der Waals surface area contributed by atoms with Gasteiger partial charge in [-0.05, 0) is 42.5 Å². The highest BCUT2D eigenvalue weighted by Crippen LogP contribution is 2.27. The van der Waals surface area contributed by atoms with E-state index < -0.39 is 0 Å². The lowest BCUT2D eigenvalue weighted by atomic mass is 10.0. The third kappa shape index (κ3) is 2.62. The van der Waals surface area contributed by atoms with Crippen LogP contribution in [0.4, 0.5) is 5.69 Å². The van der Waals surface area contributed by atoms with E-state index in [0.29, 0.717) is 11.8 Å². The molecule has 2 heterocycles. The van der Waals surface area contributed by atoms with Crippen molar-refractivity contribution >= 4 is 5.69 Å². The standard InChI is InChI=1S/C15H19N3O/c1-10(2)8-14-17-15(19-18-14)12-5-6-13-11(9-12)4-3-7-16-13/h5-6,9-10,16H,3-4,7-8H2,1-2H3. The Kier molecular flexibility index (Phi) is 3.23. The van der Waals surface area contributed by atoms with Gasteiger partial charge >= 0.3 is 0 Å². The molecule has 0 amide bonds. The molecule has 1 aliphatic heterocycles. The Balaban J connectivity index is 1.87. The summed E-state index contributed by atoms with van der Waals surface area (Å²) in [4.78, 5) is 4.47. The fraction of sp³-hybridized carbons (Fsp3) is 0.467. The van der Waals surface area contributed by atoms with Crippen molar-refractivity contribution in [1.82, 2.24) is 10.1 Å². The first-order valence-corrected chi connectivity index (χ1v) is 6.92. The van der Waals surface area contributed by atoms with E-state index in [-0.39, 0.29) is 0 Å². The van der Waals surface area contributed by atoms with E-state index in [4.69, 9.17) is 4.52 Å². The molecule has 100 valence electrons. The van der Waals surface area contributed by atoms with E-state index in [0.717, 1.165) is 30.8 Å². The Labute approximate surface area is 113 Å². The van der Waals surface area contributed by atoms with Gasteiger partial charge in [-0.3, -0.25) is 0 Å². The molecule has 3 rings (SSSR count). The van der Waals surface area contributed by atoms with Crippen molar-refractivity contribution in [1.29, 1.82) is 0 Å². The van der Waals surface area contributed by atoms with Gasteiger partial charge in [-0.1, -0.05) is 19.0 Å². The number of nitrogens with one attached hydrogen (secondary N) is 1. The average molecular weight is 257 g/mol. The zero-order chi connectivity index (χ0) is 13.2. The van der Waals surface area contributed by atoms with Gasteiger partial charge in [0.2, 0.25) is 0 Å². The molecule has 0 atom stereocenters. The molecule has 19 heavy (non-hydrogen) atoms. The number of anilines is 1. The van der Waals surface area contributed by atoms with Crippen LogP contribution in [0.3, 0.4) is 0 Å². The summed E-state index contributed by atoms with van der Waals surface area (Å²) in [6.45, 7) is 5.37. The summed E-state index contributed by atoms with van der Waals surface area (Å²) in [7, 11) is 0. The molecule has 0 spiro atoms. The predicted molar refractivity (Wildman–Crippen MR) is 75.1 cm³/mol. The predicted octanol–water partition coefficient (Wildman–Crippen LogP) is 3.29. The summed E-state index contributed by atoms with van der Waals surface area (Å²) in [5.41, 5.74) is 3.59. The second-order valence-electron chi connectivity index (χ2n) is 5.52. The zero-order valence-corrected chi connectivity index (χ0v) is 11.4. The van der Waals surface area contributed by atoms with E-state index in [1.54, 1.807) is 0 Å². The normalized spacial score (nSPS) is 14.3. The van der Waals surface area contributed by atoms with E-state index in [1.165, 1.54) is 17.7 Å². The van der Waals surface area contributed by atoms with Crippen molar-refractivity contribution in [3.05, 3.63) is 29.6 Å². The van der Waals surface area contributed by atoms with Crippen molar-refractivity contribution in [3.63, 3.8) is 0 Å². The molecule has 0 fully saturated rings. The number of hydrogen-bond donors (Lipinski definition) is 1. The monoisotopic (exact) mass is 257 g/mol. The van der Waals surface area contributed by atoms with Gasteiger partial charge in [-0.2, -0.15) is 4.98 Å². The number of fused-ring (bicyclic) bond motifs is 1. The molecule has 1 aromatic heterocycles. The van der Waals surface area contributed by atoms with Crippen molar-refractivity contribution in [2.75, 3.05) is 11.9 Å². The van der Waals surface area contributed by atoms with Crippen LogP contribution < -0.4 is 5.32 Å². The van der Waals surface area contributed by atoms with E-state index in [1.807, 2.05) is 6.07 Å². The third-order valence-corrected chi connectivity index (χ3v) is 3.35. The van der Waals surface area contributed by atoms with Crippen LogP contribution in [0, 0.1) is 5.92 Å². The topological polar surface area (TPSA) is 51.0 Å². The molecule has 1 N–H and O–H groups in total. The minimum atomic E-state index is 0.540. The van der Waals surface area contributed by atoms with Crippen LogP contribution >= 0.6 is 0 Å². The minimum Gasteiger partial charge on any atom is -0.385 e. The van der Waals surface area contributed by atoms with Crippen LogP contribution in [0.5, 0.6) is 0 Å². The number of nitrogens with zero attached hydrogens (tertiary/aromatic N) is 2. The Morgan fingerprint density at radius 3 is 3.11 bits per heavy atom. The molecular formula is C15H19N3O. The molecule has 0 saturated heterocycles. The van der Waals surface area contributed by atoms with Crippen molar-refractivity contribution in [2.45, 2.75) is 33.1 Å². The van der Waals surface area contributed by atoms with Gasteiger partial charge in [0.05, 0.1) is 0 Å². The lowest BCUT2D eigenvalue weighted by Crippen LogP contribution is -2.11. The second kappa shape index (κ2) is 5.03. The molecule has 0 radical (unpaired) electrons. The van der Waals surface area contributed by atoms with E-state index in [9.17, 15) is 0 Å². The fourth-order valence-corrected chi connectivity index (χ4v) is 2.43. The number of aryl methyl sites for hydroxylation is 1. The Morgan fingerprint density at radius 1 is 1.37 bits per heavy atom. The smallest absolute Gasteiger partial charge is 0.257 e. The highest BCUT2D eigenvalue weighted by atomic mass is 16.5. The number of hydrogen-bond acceptors (Lipinski definition) is 4. The quantitative estimate of drug-likeness (QED) is 0.916. The van der Waals surface area contributed by atoms with Crippen LogP contribution in [0.2, 0.25) is 0 Å². The molecule has 4 heteroatoms. The second-order valence-corrected chi connectivity index (χ2v) is 5.52. The SMILES string of the molecule is CC(C)Cc1noc(-c2ccc3c(c2)CCCN3)n1. The van der Waals surface area contributed by atoms with Gasteiger partial charge in [0, 0.05) is 24.2 Å². The van der Waals surface area contributed by atoms with Gasteiger partial charge in [0.25, 0.3) is 5.89 Å². The summed E-state index contributed by atoms with van der Waals surface area (Å²) in [5.74, 6) is 1.96. The van der Waals surface area contributed by atoms with Crippen molar-refractivity contribution in [3.8, 4) is 11.5 Å². The largest absolute Gasteiger partial charge is 0.385 e. The lowest BCUT2D eigenvalue weighted by molar-refractivity contribution is 0.417. The maximum atomic E-state index is 5.36. The summed E-state index contributed by atoms with van der Waals surface area (Å²) >= 11 is 0. The average Bonchev–Trinajstić information content (AvgIpc) is 2.86. The summed E-state index contributed by atoms with van der Waals surface area (Å²) in [5, 5.41) is 7.45. The van der Waals surface area contributed by atoms with Crippen molar-refractivity contribution in [2.24, 2.45) is 5.92 Å². The summed E-state index contributed by atoms with van der Waals surface area (Å²) < 4.78 is 5.36. The molecule has 0 saturated carbocycles. The van der Waals surface area contributed by atoms with E-state index in [2.05, 4.69) is 41.4 Å². The summed E-state index contributed by atoms with van der Waals surface area (Å²) in [6, 6.07) is 6.31. The van der Waals surface area contributed by atoms with Crippen LogP contribution in [0.1, 0.15) is 31.7 Å². The first-order valence-electron chi connectivity index (χ1n) is 6.92. The highest BCUT2D eigenvalue weighted by molar-refractivity contribution is 5.63. The van der Waals surface area contributed by atoms with Gasteiger partial charge in [0.1, 0.15) is 0 Å². The fourth-order valence-electron chi connectivity index (χ4n) is 2.43. The first-order chi connectivity index (χ1) is 9.22. The van der Waals surface area contributed by atoms with Gasteiger partial charge in [-0.15, -0.1) is 0 Å². The molecule has 0 aliphatic carbocycles. The molecule has 2 aromatic rings. The number of aromatic nitrogens is 2. The van der Waals surface area contributed by atoms with Crippen molar-refractivity contribution < 1.29 is 4.52 Å². The number of benzene rings is 1. The van der Waals surface area contributed by atoms with Crippen LogP contribution in [0.25, 0.3) is 11.5 Å². The number of rotatable bonds is 3. The van der Waals surface area contributed by atoms with Gasteiger partial charge < -0.3 is 9.84 Å².